The Bertz CT molecular complexity index is 706. The Morgan fingerprint density at radius 3 is 2.56 bits per heavy atom. The van der Waals surface area contributed by atoms with Crippen LogP contribution in [0.5, 0.6) is 0 Å². The highest BCUT2D eigenvalue weighted by Gasteiger charge is 2.14. The Kier molecular flexibility index (Phi) is 8.12. The summed E-state index contributed by atoms with van der Waals surface area (Å²) in [6, 6.07) is 3.37. The number of amides is 1. The summed E-state index contributed by atoms with van der Waals surface area (Å²) >= 11 is 0. The molecule has 134 valence electrons. The molecule has 25 heavy (non-hydrogen) atoms. The molecule has 0 fully saturated rings. The van der Waals surface area contributed by atoms with Gasteiger partial charge in [-0.25, -0.2) is 9.59 Å². The van der Waals surface area contributed by atoms with Crippen molar-refractivity contribution in [3.05, 3.63) is 29.3 Å². The largest absolute Gasteiger partial charge is 0.467 e. The average Bonchev–Trinajstić information content (AvgIpc) is 2.63. The van der Waals surface area contributed by atoms with Crippen LogP contribution in [-0.4, -0.2) is 44.7 Å². The minimum atomic E-state index is -1.15. The lowest BCUT2D eigenvalue weighted by molar-refractivity contribution is -0.140. The minimum Gasteiger partial charge on any atom is -0.467 e. The fraction of sp³-hybridized carbons (Fsp3) is 0.353. The highest BCUT2D eigenvalue weighted by molar-refractivity contribution is 5.95. The quantitative estimate of drug-likeness (QED) is 0.487. The molecule has 8 heteroatoms. The summed E-state index contributed by atoms with van der Waals surface area (Å²) in [4.78, 5) is 34.9. The van der Waals surface area contributed by atoms with Crippen LogP contribution in [0.1, 0.15) is 28.8 Å². The molecule has 1 aromatic rings. The van der Waals surface area contributed by atoms with E-state index in [1.165, 1.54) is 26.4 Å². The van der Waals surface area contributed by atoms with Gasteiger partial charge in [0.05, 0.1) is 19.8 Å². The number of esters is 2. The van der Waals surface area contributed by atoms with Gasteiger partial charge in [-0.3, -0.25) is 4.79 Å². The van der Waals surface area contributed by atoms with Crippen molar-refractivity contribution in [3.8, 4) is 11.8 Å². The Labute approximate surface area is 145 Å². The van der Waals surface area contributed by atoms with E-state index in [0.29, 0.717) is 18.7 Å². The first-order valence-electron chi connectivity index (χ1n) is 7.50. The molecular formula is C17H21N3O5. The van der Waals surface area contributed by atoms with Crippen LogP contribution >= 0.6 is 0 Å². The first kappa shape index (κ1) is 20.2. The molecular weight excluding hydrogens is 326 g/mol. The van der Waals surface area contributed by atoms with Crippen LogP contribution in [0.4, 0.5) is 5.69 Å². The lowest BCUT2D eigenvalue weighted by atomic mass is 10.1. The van der Waals surface area contributed by atoms with E-state index in [2.05, 4.69) is 21.9 Å². The molecule has 1 aromatic carbocycles. The van der Waals surface area contributed by atoms with Gasteiger partial charge in [0.25, 0.3) is 0 Å². The molecule has 0 bridgehead atoms. The highest BCUT2D eigenvalue weighted by atomic mass is 16.5. The average molecular weight is 347 g/mol. The van der Waals surface area contributed by atoms with Gasteiger partial charge >= 0.3 is 11.9 Å². The summed E-state index contributed by atoms with van der Waals surface area (Å²) in [6.45, 7) is 0.414. The normalized spacial score (nSPS) is 10.9. The van der Waals surface area contributed by atoms with Gasteiger partial charge in [0, 0.05) is 17.7 Å². The number of nitrogens with one attached hydrogen (secondary N) is 1. The molecule has 0 spiro atoms. The van der Waals surface area contributed by atoms with Crippen molar-refractivity contribution in [2.45, 2.75) is 18.9 Å². The van der Waals surface area contributed by atoms with E-state index in [0.717, 1.165) is 0 Å². The molecule has 5 N–H and O–H groups in total. The third-order valence-corrected chi connectivity index (χ3v) is 3.13. The van der Waals surface area contributed by atoms with Crippen molar-refractivity contribution >= 4 is 23.5 Å². The second-order valence-electron chi connectivity index (χ2n) is 4.96. The first-order valence-corrected chi connectivity index (χ1v) is 7.50. The fourth-order valence-corrected chi connectivity index (χ4v) is 1.84. The van der Waals surface area contributed by atoms with Crippen LogP contribution in [0.3, 0.4) is 0 Å². The van der Waals surface area contributed by atoms with Crippen LogP contribution < -0.4 is 16.8 Å². The van der Waals surface area contributed by atoms with E-state index in [1.54, 1.807) is 6.07 Å². The molecule has 0 aliphatic rings. The number of carbonyl (C=O) groups is 3. The molecule has 1 unspecified atom stereocenters. The minimum absolute atomic E-state index is 0.187. The summed E-state index contributed by atoms with van der Waals surface area (Å²) in [7, 11) is 2.43. The third-order valence-electron chi connectivity index (χ3n) is 3.13. The molecule has 0 aromatic heterocycles. The number of nitrogens with two attached hydrogens (primary N) is 2. The lowest BCUT2D eigenvalue weighted by Gasteiger charge is -2.08. The van der Waals surface area contributed by atoms with E-state index in [1.807, 2.05) is 0 Å². The van der Waals surface area contributed by atoms with E-state index < -0.39 is 18.0 Å². The molecule has 1 rings (SSSR count). The molecule has 0 heterocycles. The standard InChI is InChI=1S/C17H21N3O5/c1-24-16(22)13-7-6-12(20-15(21)4-3-9-18)10-11(13)5-8-14(19)17(23)25-2/h6-7,10,14H,3-4,9,18-19H2,1-2H3,(H,20,21). The Balaban J connectivity index is 3.11. The van der Waals surface area contributed by atoms with Crippen molar-refractivity contribution in [3.63, 3.8) is 0 Å². The van der Waals surface area contributed by atoms with Gasteiger partial charge < -0.3 is 26.3 Å². The topological polar surface area (TPSA) is 134 Å². The summed E-state index contributed by atoms with van der Waals surface area (Å²) < 4.78 is 9.18. The van der Waals surface area contributed by atoms with Crippen LogP contribution in [0.15, 0.2) is 18.2 Å². The number of methoxy groups -OCH3 is 2. The zero-order valence-electron chi connectivity index (χ0n) is 14.1. The molecule has 0 aliphatic heterocycles. The second kappa shape index (κ2) is 10.1. The molecule has 1 atom stereocenters. The van der Waals surface area contributed by atoms with Crippen molar-refractivity contribution in [1.82, 2.24) is 0 Å². The van der Waals surface area contributed by atoms with Crippen molar-refractivity contribution < 1.29 is 23.9 Å². The summed E-state index contributed by atoms with van der Waals surface area (Å²) in [6.07, 6.45) is 0.843. The monoisotopic (exact) mass is 347 g/mol. The maximum Gasteiger partial charge on any atom is 0.339 e. The molecule has 0 radical (unpaired) electrons. The zero-order valence-corrected chi connectivity index (χ0v) is 14.1. The third kappa shape index (κ3) is 6.25. The van der Waals surface area contributed by atoms with Crippen LogP contribution in [-0.2, 0) is 19.1 Å². The van der Waals surface area contributed by atoms with Crippen LogP contribution in [0.25, 0.3) is 0 Å². The van der Waals surface area contributed by atoms with Gasteiger partial charge in [0.1, 0.15) is 0 Å². The number of carbonyl (C=O) groups excluding carboxylic acids is 3. The lowest BCUT2D eigenvalue weighted by Crippen LogP contribution is -2.29. The van der Waals surface area contributed by atoms with Crippen molar-refractivity contribution in [2.24, 2.45) is 11.5 Å². The maximum atomic E-state index is 11.8. The van der Waals surface area contributed by atoms with Gasteiger partial charge in [-0.15, -0.1) is 0 Å². The van der Waals surface area contributed by atoms with Crippen LogP contribution in [0, 0.1) is 11.8 Å². The number of benzene rings is 1. The van der Waals surface area contributed by atoms with Gasteiger partial charge in [-0.05, 0) is 31.2 Å². The van der Waals surface area contributed by atoms with Crippen molar-refractivity contribution in [1.29, 1.82) is 0 Å². The number of anilines is 1. The molecule has 0 saturated heterocycles. The zero-order chi connectivity index (χ0) is 18.8. The SMILES string of the molecule is COC(=O)c1ccc(NC(=O)CCCN)cc1C#CC(N)C(=O)OC. The molecule has 1 amide bonds. The summed E-state index contributed by atoms with van der Waals surface area (Å²) in [5.41, 5.74) is 11.8. The van der Waals surface area contributed by atoms with Crippen molar-refractivity contribution in [2.75, 3.05) is 26.1 Å². The predicted octanol–water partition coefficient (Wildman–Crippen LogP) is 0.00240. The smallest absolute Gasteiger partial charge is 0.339 e. The fourth-order valence-electron chi connectivity index (χ4n) is 1.84. The number of rotatable bonds is 6. The maximum absolute atomic E-state index is 11.8. The van der Waals surface area contributed by atoms with E-state index in [9.17, 15) is 14.4 Å². The summed E-state index contributed by atoms with van der Waals surface area (Å²) in [5, 5.41) is 2.69. The Morgan fingerprint density at radius 2 is 1.96 bits per heavy atom. The second-order valence-corrected chi connectivity index (χ2v) is 4.96. The first-order chi connectivity index (χ1) is 11.9. The van der Waals surface area contributed by atoms with Gasteiger partial charge in [0.15, 0.2) is 6.04 Å². The van der Waals surface area contributed by atoms with Gasteiger partial charge in [-0.2, -0.15) is 0 Å². The van der Waals surface area contributed by atoms with E-state index in [-0.39, 0.29) is 23.5 Å². The van der Waals surface area contributed by atoms with Gasteiger partial charge in [-0.1, -0.05) is 11.8 Å². The number of ether oxygens (including phenoxy) is 2. The predicted molar refractivity (Wildman–Crippen MR) is 91.6 cm³/mol. The van der Waals surface area contributed by atoms with E-state index in [4.69, 9.17) is 16.2 Å². The van der Waals surface area contributed by atoms with Crippen LogP contribution in [0.2, 0.25) is 0 Å². The highest BCUT2D eigenvalue weighted by Crippen LogP contribution is 2.17. The molecule has 8 nitrogen and oxygen atoms in total. The molecule has 0 aliphatic carbocycles. The number of hydrogen-bond donors (Lipinski definition) is 3. The van der Waals surface area contributed by atoms with E-state index >= 15 is 0 Å². The van der Waals surface area contributed by atoms with Gasteiger partial charge in [0.2, 0.25) is 5.91 Å². The molecule has 0 saturated carbocycles. The summed E-state index contributed by atoms with van der Waals surface area (Å²) in [5.74, 6) is 3.65. The number of hydrogen-bond acceptors (Lipinski definition) is 7. The Morgan fingerprint density at radius 1 is 1.24 bits per heavy atom. The Hall–Kier alpha value is -2.89.